The highest BCUT2D eigenvalue weighted by Crippen LogP contribution is 2.69. The van der Waals surface area contributed by atoms with Gasteiger partial charge in [-0.3, -0.25) is 0 Å². The van der Waals surface area contributed by atoms with E-state index >= 15 is 0 Å². The van der Waals surface area contributed by atoms with Crippen LogP contribution >= 0.6 is 11.8 Å². The monoisotopic (exact) mass is 761 g/mol. The second-order valence-corrected chi connectivity index (χ2v) is 20.7. The predicted molar refractivity (Wildman–Crippen MR) is 238 cm³/mol. The first-order valence-electron chi connectivity index (χ1n) is 21.6. The fourth-order valence-corrected chi connectivity index (χ4v) is 14.1. The quantitative estimate of drug-likeness (QED) is 0.178. The maximum Gasteiger partial charge on any atom is 0.159 e. The van der Waals surface area contributed by atoms with Crippen molar-refractivity contribution in [3.63, 3.8) is 0 Å². The van der Waals surface area contributed by atoms with Gasteiger partial charge in [-0.05, 0) is 161 Å². The summed E-state index contributed by atoms with van der Waals surface area (Å²) in [6.07, 6.45) is 9.39. The summed E-state index contributed by atoms with van der Waals surface area (Å²) in [6.45, 7) is 9.67. The first-order valence-corrected chi connectivity index (χ1v) is 22.4. The Labute approximate surface area is 341 Å². The van der Waals surface area contributed by atoms with Gasteiger partial charge in [0.15, 0.2) is 5.58 Å². The average Bonchev–Trinajstić information content (AvgIpc) is 3.61. The van der Waals surface area contributed by atoms with Crippen LogP contribution in [-0.2, 0) is 16.2 Å². The lowest BCUT2D eigenvalue weighted by Gasteiger charge is -2.63. The third-order valence-electron chi connectivity index (χ3n) is 15.6. The largest absolute Gasteiger partial charge is 0.454 e. The van der Waals surface area contributed by atoms with Crippen LogP contribution in [0.15, 0.2) is 142 Å². The molecule has 5 aliphatic carbocycles. The topological polar surface area (TPSA) is 16.4 Å². The Hall–Kier alpha value is -4.73. The van der Waals surface area contributed by atoms with Gasteiger partial charge in [0.05, 0.1) is 5.69 Å². The Morgan fingerprint density at radius 3 is 1.96 bits per heavy atom. The van der Waals surface area contributed by atoms with Crippen LogP contribution in [0.3, 0.4) is 0 Å². The molecule has 57 heavy (non-hydrogen) atoms. The van der Waals surface area contributed by atoms with Gasteiger partial charge in [0.2, 0.25) is 0 Å². The van der Waals surface area contributed by atoms with Crippen molar-refractivity contribution in [3.8, 4) is 11.1 Å². The van der Waals surface area contributed by atoms with Gasteiger partial charge < -0.3 is 9.32 Å². The molecule has 2 heterocycles. The molecule has 7 aromatic rings. The Morgan fingerprint density at radius 1 is 0.526 bits per heavy atom. The molecular formula is C54H51NOS. The number of nitrogens with zero attached hydrogens (tertiary/aromatic N) is 1. The highest BCUT2D eigenvalue weighted by molar-refractivity contribution is 7.99. The molecule has 3 heteroatoms. The molecule has 284 valence electrons. The van der Waals surface area contributed by atoms with Crippen molar-refractivity contribution in [1.29, 1.82) is 0 Å². The lowest BCUT2D eigenvalue weighted by Crippen LogP contribution is -2.57. The molecule has 1 aromatic heterocycles. The van der Waals surface area contributed by atoms with Gasteiger partial charge in [-0.1, -0.05) is 118 Å². The molecule has 4 fully saturated rings. The molecule has 6 aliphatic rings. The van der Waals surface area contributed by atoms with Crippen molar-refractivity contribution in [3.05, 3.63) is 150 Å². The number of para-hydroxylation sites is 2. The van der Waals surface area contributed by atoms with E-state index in [0.717, 1.165) is 45.1 Å². The molecule has 6 aromatic carbocycles. The third-order valence-corrected chi connectivity index (χ3v) is 16.7. The van der Waals surface area contributed by atoms with E-state index in [9.17, 15) is 0 Å². The fourth-order valence-electron chi connectivity index (χ4n) is 12.9. The first kappa shape index (κ1) is 34.3. The van der Waals surface area contributed by atoms with Crippen molar-refractivity contribution >= 4 is 50.8 Å². The van der Waals surface area contributed by atoms with Gasteiger partial charge in [-0.15, -0.1) is 0 Å². The van der Waals surface area contributed by atoms with Gasteiger partial charge in [0, 0.05) is 37.4 Å². The van der Waals surface area contributed by atoms with Crippen molar-refractivity contribution < 1.29 is 4.42 Å². The molecule has 13 rings (SSSR count). The zero-order chi connectivity index (χ0) is 38.3. The van der Waals surface area contributed by atoms with Crippen LogP contribution in [0.25, 0.3) is 33.1 Å². The molecule has 1 aliphatic heterocycles. The summed E-state index contributed by atoms with van der Waals surface area (Å²) < 4.78 is 6.79. The van der Waals surface area contributed by atoms with Crippen LogP contribution in [0.4, 0.5) is 17.1 Å². The Kier molecular flexibility index (Phi) is 7.32. The fraction of sp³-hybridized carbons (Fsp3) is 0.333. The molecule has 0 unspecified atom stereocenters. The van der Waals surface area contributed by atoms with Gasteiger partial charge in [-0.2, -0.15) is 0 Å². The van der Waals surface area contributed by atoms with Crippen molar-refractivity contribution in [1.82, 2.24) is 0 Å². The van der Waals surface area contributed by atoms with Crippen molar-refractivity contribution in [2.75, 3.05) is 4.90 Å². The molecule has 2 nitrogen and oxygen atoms in total. The molecule has 4 bridgehead atoms. The van der Waals surface area contributed by atoms with Crippen LogP contribution in [-0.4, -0.2) is 0 Å². The maximum absolute atomic E-state index is 6.79. The van der Waals surface area contributed by atoms with E-state index in [4.69, 9.17) is 4.42 Å². The number of fused-ring (bicyclic) bond motifs is 6. The van der Waals surface area contributed by atoms with E-state index < -0.39 is 0 Å². The minimum Gasteiger partial charge on any atom is -0.454 e. The smallest absolute Gasteiger partial charge is 0.159 e. The minimum absolute atomic E-state index is 0.0658. The Morgan fingerprint density at radius 2 is 1.18 bits per heavy atom. The van der Waals surface area contributed by atoms with Crippen LogP contribution in [0.2, 0.25) is 0 Å². The number of anilines is 3. The molecule has 4 saturated carbocycles. The highest BCUT2D eigenvalue weighted by Gasteiger charge is 2.60. The second-order valence-electron chi connectivity index (χ2n) is 19.6. The summed E-state index contributed by atoms with van der Waals surface area (Å²) in [7, 11) is 0. The molecular weight excluding hydrogens is 711 g/mol. The van der Waals surface area contributed by atoms with Crippen molar-refractivity contribution in [2.24, 2.45) is 23.7 Å². The minimum atomic E-state index is 0.0658. The van der Waals surface area contributed by atoms with E-state index in [1.807, 2.05) is 11.8 Å². The van der Waals surface area contributed by atoms with E-state index in [2.05, 4.69) is 160 Å². The van der Waals surface area contributed by atoms with Crippen LogP contribution in [0.1, 0.15) is 94.9 Å². The maximum atomic E-state index is 6.79. The van der Waals surface area contributed by atoms with E-state index in [0.29, 0.717) is 11.8 Å². The summed E-state index contributed by atoms with van der Waals surface area (Å²) in [5.41, 5.74) is 14.5. The molecule has 1 spiro atoms. The number of benzene rings is 6. The zero-order valence-corrected chi connectivity index (χ0v) is 34.5. The zero-order valence-electron chi connectivity index (χ0n) is 33.6. The summed E-state index contributed by atoms with van der Waals surface area (Å²) in [4.78, 5) is 5.40. The van der Waals surface area contributed by atoms with Gasteiger partial charge in [0.1, 0.15) is 5.58 Å². The molecule has 0 saturated heterocycles. The van der Waals surface area contributed by atoms with Crippen LogP contribution in [0.5, 0.6) is 0 Å². The van der Waals surface area contributed by atoms with Crippen LogP contribution < -0.4 is 4.90 Å². The average molecular weight is 762 g/mol. The number of rotatable bonds is 4. The van der Waals surface area contributed by atoms with Crippen molar-refractivity contribution in [2.45, 2.75) is 98.7 Å². The summed E-state index contributed by atoms with van der Waals surface area (Å²) >= 11 is 1.99. The van der Waals surface area contributed by atoms with Gasteiger partial charge in [-0.25, -0.2) is 0 Å². The molecule has 0 amide bonds. The standard InChI is InChI=1S/C54H51NOS/c1-52(2)24-25-53(3,4)45-31-36(18-22-43(45)52)35-16-19-39(20-17-35)55(47-13-9-11-42-41-10-5-7-14-48(41)56-51(42)47)40-21-23-50-46(32-40)54(44-12-6-8-15-49(44)57-50)37-27-33-26-34(29-37)30-38(54)28-33/h5-23,31-34,37-38H,24-30H2,1-4H3. The highest BCUT2D eigenvalue weighted by atomic mass is 32.2. The third kappa shape index (κ3) is 4.97. The summed E-state index contributed by atoms with van der Waals surface area (Å²) in [5, 5.41) is 2.32. The number of hydrogen-bond acceptors (Lipinski definition) is 3. The van der Waals surface area contributed by atoms with E-state index in [1.165, 1.54) is 82.7 Å². The molecule has 0 radical (unpaired) electrons. The van der Waals surface area contributed by atoms with Crippen LogP contribution in [0, 0.1) is 23.7 Å². The lowest BCUT2D eigenvalue weighted by atomic mass is 9.42. The number of furan rings is 1. The normalized spacial score (nSPS) is 26.0. The van der Waals surface area contributed by atoms with Gasteiger partial charge >= 0.3 is 0 Å². The number of hydrogen-bond donors (Lipinski definition) is 0. The Bertz CT molecular complexity index is 2720. The van der Waals surface area contributed by atoms with E-state index in [1.54, 1.807) is 11.1 Å². The lowest BCUT2D eigenvalue weighted by molar-refractivity contribution is -0.0443. The van der Waals surface area contributed by atoms with Gasteiger partial charge in [0.25, 0.3) is 0 Å². The second kappa shape index (κ2) is 12.1. The summed E-state index contributed by atoms with van der Waals surface area (Å²) in [5.74, 6) is 3.20. The first-order chi connectivity index (χ1) is 27.7. The Balaban J connectivity index is 1.04. The molecule has 0 atom stereocenters. The van der Waals surface area contributed by atoms with E-state index in [-0.39, 0.29) is 16.2 Å². The summed E-state index contributed by atoms with van der Waals surface area (Å²) in [6, 6.07) is 48.7. The molecule has 0 N–H and O–H groups in total. The predicted octanol–water partition coefficient (Wildman–Crippen LogP) is 15.3. The SMILES string of the molecule is CC1(C)CCC(C)(C)c2cc(-c3ccc(N(c4ccc5c(c4)C4(c6ccccc6S5)C5CC6CC(C5)CC4C6)c4cccc5c4oc4ccccc45)cc3)ccc21.